The van der Waals surface area contributed by atoms with Crippen LogP contribution in [0.5, 0.6) is 0 Å². The second-order valence-electron chi connectivity index (χ2n) is 5.99. The highest BCUT2D eigenvalue weighted by Gasteiger charge is 2.19. The van der Waals surface area contributed by atoms with Crippen LogP contribution in [-0.2, 0) is 0 Å². The molecule has 0 unspecified atom stereocenters. The van der Waals surface area contributed by atoms with E-state index < -0.39 is 0 Å². The van der Waals surface area contributed by atoms with Crippen LogP contribution in [0.15, 0.2) is 54.9 Å². The highest BCUT2D eigenvalue weighted by atomic mass is 15.3. The number of anilines is 2. The molecule has 0 bridgehead atoms. The summed E-state index contributed by atoms with van der Waals surface area (Å²) in [7, 11) is 0. The van der Waals surface area contributed by atoms with E-state index in [2.05, 4.69) is 64.2 Å². The molecular weight excluding hydrogens is 284 g/mol. The third-order valence-electron chi connectivity index (χ3n) is 4.54. The van der Waals surface area contributed by atoms with E-state index in [1.165, 1.54) is 16.6 Å². The summed E-state index contributed by atoms with van der Waals surface area (Å²) in [4.78, 5) is 13.7. The van der Waals surface area contributed by atoms with Crippen molar-refractivity contribution < 1.29 is 0 Å². The number of rotatable bonds is 2. The summed E-state index contributed by atoms with van der Waals surface area (Å²) in [6.07, 6.45) is 3.71. The molecule has 23 heavy (non-hydrogen) atoms. The lowest BCUT2D eigenvalue weighted by molar-refractivity contribution is 0.648. The number of benzene rings is 1. The number of aromatic nitrogens is 2. The third-order valence-corrected chi connectivity index (χ3v) is 4.54. The average molecular weight is 304 g/mol. The number of para-hydroxylation sites is 1. The lowest BCUT2D eigenvalue weighted by Gasteiger charge is -2.36. The monoisotopic (exact) mass is 304 g/mol. The molecule has 0 amide bonds. The van der Waals surface area contributed by atoms with Gasteiger partial charge in [-0.05, 0) is 36.8 Å². The van der Waals surface area contributed by atoms with Crippen molar-refractivity contribution in [1.29, 1.82) is 0 Å². The van der Waals surface area contributed by atoms with Gasteiger partial charge in [-0.25, -0.2) is 4.98 Å². The molecule has 4 rings (SSSR count). The van der Waals surface area contributed by atoms with Gasteiger partial charge in [0.25, 0.3) is 0 Å². The largest absolute Gasteiger partial charge is 0.368 e. The van der Waals surface area contributed by atoms with Gasteiger partial charge in [-0.3, -0.25) is 4.98 Å². The van der Waals surface area contributed by atoms with Crippen molar-refractivity contribution in [2.24, 2.45) is 0 Å². The predicted molar refractivity (Wildman–Crippen MR) is 95.1 cm³/mol. The van der Waals surface area contributed by atoms with Crippen LogP contribution in [0.3, 0.4) is 0 Å². The second-order valence-corrected chi connectivity index (χ2v) is 5.99. The van der Waals surface area contributed by atoms with E-state index in [1.54, 1.807) is 0 Å². The van der Waals surface area contributed by atoms with Crippen LogP contribution in [0, 0.1) is 6.92 Å². The number of nitrogens with zero attached hydrogens (tertiary/aromatic N) is 4. The summed E-state index contributed by atoms with van der Waals surface area (Å²) in [6, 6.07) is 14.7. The lowest BCUT2D eigenvalue weighted by atomic mass is 10.1. The van der Waals surface area contributed by atoms with Crippen molar-refractivity contribution in [3.05, 3.63) is 60.4 Å². The number of hydrogen-bond donors (Lipinski definition) is 0. The average Bonchev–Trinajstić information content (AvgIpc) is 2.63. The molecule has 4 nitrogen and oxygen atoms in total. The maximum atomic E-state index is 4.85. The maximum absolute atomic E-state index is 4.85. The fourth-order valence-electron chi connectivity index (χ4n) is 3.24. The Kier molecular flexibility index (Phi) is 3.58. The van der Waals surface area contributed by atoms with Gasteiger partial charge in [0.1, 0.15) is 5.82 Å². The normalized spacial score (nSPS) is 15.2. The molecule has 1 fully saturated rings. The molecular formula is C19H20N4. The van der Waals surface area contributed by atoms with Gasteiger partial charge in [0, 0.05) is 49.6 Å². The lowest BCUT2D eigenvalue weighted by Crippen LogP contribution is -2.46. The summed E-state index contributed by atoms with van der Waals surface area (Å²) in [5.74, 6) is 1.09. The first kappa shape index (κ1) is 14.0. The van der Waals surface area contributed by atoms with Crippen LogP contribution in [0.1, 0.15) is 5.56 Å². The van der Waals surface area contributed by atoms with Crippen LogP contribution < -0.4 is 9.80 Å². The third kappa shape index (κ3) is 2.72. The summed E-state index contributed by atoms with van der Waals surface area (Å²) in [5.41, 5.74) is 3.63. The van der Waals surface area contributed by atoms with Crippen molar-refractivity contribution in [3.8, 4) is 0 Å². The predicted octanol–water partition coefficient (Wildman–Crippen LogP) is 3.26. The van der Waals surface area contributed by atoms with E-state index >= 15 is 0 Å². The SMILES string of the molecule is Cc1cc(N2CCN(c3ccncc3)CC2)nc2ccccc12. The molecule has 0 spiro atoms. The van der Waals surface area contributed by atoms with E-state index in [4.69, 9.17) is 4.98 Å². The van der Waals surface area contributed by atoms with Crippen LogP contribution in [0.4, 0.5) is 11.5 Å². The molecule has 3 heterocycles. The Morgan fingerprint density at radius 3 is 2.35 bits per heavy atom. The van der Waals surface area contributed by atoms with Gasteiger partial charge in [-0.2, -0.15) is 0 Å². The van der Waals surface area contributed by atoms with Crippen LogP contribution in [0.25, 0.3) is 10.9 Å². The Hall–Kier alpha value is -2.62. The first-order valence-corrected chi connectivity index (χ1v) is 8.07. The van der Waals surface area contributed by atoms with E-state index in [9.17, 15) is 0 Å². The Morgan fingerprint density at radius 2 is 1.57 bits per heavy atom. The van der Waals surface area contributed by atoms with Crippen molar-refractivity contribution in [2.45, 2.75) is 6.92 Å². The molecule has 2 aromatic heterocycles. The molecule has 1 aliphatic rings. The van der Waals surface area contributed by atoms with Gasteiger partial charge >= 0.3 is 0 Å². The first-order valence-electron chi connectivity index (χ1n) is 8.07. The molecule has 1 aromatic carbocycles. The number of piperazine rings is 1. The van der Waals surface area contributed by atoms with Crippen molar-refractivity contribution in [1.82, 2.24) is 9.97 Å². The Bertz CT molecular complexity index is 808. The first-order chi connectivity index (χ1) is 11.3. The zero-order valence-electron chi connectivity index (χ0n) is 13.3. The van der Waals surface area contributed by atoms with E-state index in [1.807, 2.05) is 12.4 Å². The fraction of sp³-hybridized carbons (Fsp3) is 0.263. The summed E-state index contributed by atoms with van der Waals surface area (Å²) in [5, 5.41) is 1.24. The van der Waals surface area contributed by atoms with Crippen LogP contribution in [-0.4, -0.2) is 36.1 Å². The molecule has 4 heteroatoms. The number of pyridine rings is 2. The molecule has 0 saturated carbocycles. The van der Waals surface area contributed by atoms with Crippen molar-refractivity contribution >= 4 is 22.4 Å². The maximum Gasteiger partial charge on any atom is 0.129 e. The minimum absolute atomic E-state index is 0.993. The van der Waals surface area contributed by atoms with Gasteiger partial charge in [0.05, 0.1) is 5.52 Å². The highest BCUT2D eigenvalue weighted by Crippen LogP contribution is 2.24. The zero-order valence-corrected chi connectivity index (χ0v) is 13.3. The molecule has 0 radical (unpaired) electrons. The van der Waals surface area contributed by atoms with Gasteiger partial charge in [-0.15, -0.1) is 0 Å². The van der Waals surface area contributed by atoms with E-state index in [0.29, 0.717) is 0 Å². The Labute approximate surface area is 136 Å². The van der Waals surface area contributed by atoms with Crippen molar-refractivity contribution in [2.75, 3.05) is 36.0 Å². The quantitative estimate of drug-likeness (QED) is 0.727. The number of fused-ring (bicyclic) bond motifs is 1. The molecule has 116 valence electrons. The molecule has 0 N–H and O–H groups in total. The Balaban J connectivity index is 1.54. The summed E-state index contributed by atoms with van der Waals surface area (Å²) in [6.45, 7) is 6.18. The van der Waals surface area contributed by atoms with Gasteiger partial charge < -0.3 is 9.80 Å². The minimum atomic E-state index is 0.993. The standard InChI is InChI=1S/C19H20N4/c1-15-14-19(21-18-5-3-2-4-17(15)18)23-12-10-22(11-13-23)16-6-8-20-9-7-16/h2-9,14H,10-13H2,1H3. The van der Waals surface area contributed by atoms with Crippen LogP contribution >= 0.6 is 0 Å². The fourth-order valence-corrected chi connectivity index (χ4v) is 3.24. The summed E-state index contributed by atoms with van der Waals surface area (Å²) >= 11 is 0. The highest BCUT2D eigenvalue weighted by molar-refractivity contribution is 5.83. The number of aryl methyl sites for hydroxylation is 1. The van der Waals surface area contributed by atoms with Crippen molar-refractivity contribution in [3.63, 3.8) is 0 Å². The van der Waals surface area contributed by atoms with E-state index in [-0.39, 0.29) is 0 Å². The number of hydrogen-bond acceptors (Lipinski definition) is 4. The van der Waals surface area contributed by atoms with Crippen LogP contribution in [0.2, 0.25) is 0 Å². The molecule has 0 atom stereocenters. The second kappa shape index (κ2) is 5.88. The topological polar surface area (TPSA) is 32.3 Å². The molecule has 1 aliphatic heterocycles. The minimum Gasteiger partial charge on any atom is -0.368 e. The molecule has 3 aromatic rings. The zero-order chi connectivity index (χ0) is 15.6. The van der Waals surface area contributed by atoms with Gasteiger partial charge in [-0.1, -0.05) is 18.2 Å². The van der Waals surface area contributed by atoms with Gasteiger partial charge in [0.2, 0.25) is 0 Å². The molecule has 0 aliphatic carbocycles. The Morgan fingerprint density at radius 1 is 0.870 bits per heavy atom. The smallest absolute Gasteiger partial charge is 0.129 e. The summed E-state index contributed by atoms with van der Waals surface area (Å²) < 4.78 is 0. The van der Waals surface area contributed by atoms with E-state index in [0.717, 1.165) is 37.5 Å². The molecule has 1 saturated heterocycles. The van der Waals surface area contributed by atoms with Gasteiger partial charge in [0.15, 0.2) is 0 Å².